The molecular weight excluding hydrogens is 293 g/mol. The molecule has 0 heterocycles. The first-order valence-electron chi connectivity index (χ1n) is 5.33. The van der Waals surface area contributed by atoms with Crippen molar-refractivity contribution in [1.82, 2.24) is 4.72 Å². The fourth-order valence-corrected chi connectivity index (χ4v) is 3.75. The highest BCUT2D eigenvalue weighted by Crippen LogP contribution is 2.35. The third kappa shape index (κ3) is 2.34. The van der Waals surface area contributed by atoms with E-state index in [4.69, 9.17) is 23.2 Å². The minimum Gasteiger partial charge on any atom is -0.211 e. The third-order valence-corrected chi connectivity index (χ3v) is 4.92. The average molecular weight is 304 g/mol. The van der Waals surface area contributed by atoms with Gasteiger partial charge < -0.3 is 0 Å². The van der Waals surface area contributed by atoms with Crippen molar-refractivity contribution in [2.24, 2.45) is 0 Å². The number of sulfonamides is 1. The molecule has 1 N–H and O–H groups in total. The van der Waals surface area contributed by atoms with Crippen LogP contribution in [0.15, 0.2) is 35.2 Å². The highest BCUT2D eigenvalue weighted by atomic mass is 35.5. The summed E-state index contributed by atoms with van der Waals surface area (Å²) < 4.78 is 26.4. The maximum Gasteiger partial charge on any atom is 0.242 e. The Balaban J connectivity index is 2.79. The van der Waals surface area contributed by atoms with Crippen LogP contribution in [0.4, 0.5) is 0 Å². The van der Waals surface area contributed by atoms with Crippen molar-refractivity contribution < 1.29 is 8.42 Å². The van der Waals surface area contributed by atoms with Crippen molar-refractivity contribution in [3.8, 4) is 0 Å². The zero-order chi connectivity index (χ0) is 13.3. The van der Waals surface area contributed by atoms with Crippen molar-refractivity contribution in [1.29, 1.82) is 0 Å². The summed E-state index contributed by atoms with van der Waals surface area (Å²) in [6.45, 7) is 2.00. The van der Waals surface area contributed by atoms with Gasteiger partial charge in [-0.3, -0.25) is 0 Å². The van der Waals surface area contributed by atoms with E-state index in [1.54, 1.807) is 25.1 Å². The molecule has 0 spiro atoms. The number of rotatable bonds is 3. The van der Waals surface area contributed by atoms with Crippen LogP contribution in [0, 0.1) is 0 Å². The van der Waals surface area contributed by atoms with Crippen LogP contribution in [0.2, 0.25) is 10.0 Å². The Morgan fingerprint density at radius 1 is 1.17 bits per heavy atom. The van der Waals surface area contributed by atoms with Crippen LogP contribution in [0.1, 0.15) is 6.92 Å². The van der Waals surface area contributed by atoms with E-state index < -0.39 is 10.0 Å². The van der Waals surface area contributed by atoms with Crippen LogP contribution >= 0.6 is 23.2 Å². The van der Waals surface area contributed by atoms with E-state index >= 15 is 0 Å². The molecule has 18 heavy (non-hydrogen) atoms. The quantitative estimate of drug-likeness (QED) is 0.944. The number of hydrogen-bond donors (Lipinski definition) is 1. The fourth-order valence-electron chi connectivity index (χ4n) is 1.74. The van der Waals surface area contributed by atoms with E-state index in [2.05, 4.69) is 4.72 Å². The summed E-state index contributed by atoms with van der Waals surface area (Å²) >= 11 is 12.2. The summed E-state index contributed by atoms with van der Waals surface area (Å²) in [6.07, 6.45) is 0. The molecule has 0 unspecified atom stereocenters. The van der Waals surface area contributed by atoms with Crippen LogP contribution in [-0.4, -0.2) is 15.0 Å². The maximum absolute atomic E-state index is 12.0. The molecule has 0 aliphatic carbocycles. The lowest BCUT2D eigenvalue weighted by Gasteiger charge is -2.10. The lowest BCUT2D eigenvalue weighted by molar-refractivity contribution is 0.584. The zero-order valence-electron chi connectivity index (χ0n) is 9.57. The molecule has 0 aliphatic heterocycles. The molecule has 0 saturated heterocycles. The molecule has 96 valence electrons. The van der Waals surface area contributed by atoms with Crippen LogP contribution in [0.5, 0.6) is 0 Å². The molecule has 2 aromatic rings. The minimum absolute atomic E-state index is 0.00900. The Morgan fingerprint density at radius 2 is 1.78 bits per heavy atom. The van der Waals surface area contributed by atoms with Gasteiger partial charge in [-0.2, -0.15) is 0 Å². The average Bonchev–Trinajstić information content (AvgIpc) is 2.33. The number of fused-ring (bicyclic) bond motifs is 1. The number of hydrogen-bond acceptors (Lipinski definition) is 2. The van der Waals surface area contributed by atoms with Gasteiger partial charge in [0.1, 0.15) is 4.90 Å². The first-order valence-corrected chi connectivity index (χ1v) is 7.57. The van der Waals surface area contributed by atoms with Crippen molar-refractivity contribution >= 4 is 44.0 Å². The van der Waals surface area contributed by atoms with E-state index in [9.17, 15) is 8.42 Å². The molecule has 0 aliphatic rings. The van der Waals surface area contributed by atoms with E-state index in [-0.39, 0.29) is 9.92 Å². The van der Waals surface area contributed by atoms with E-state index in [0.717, 1.165) is 5.39 Å². The number of nitrogens with one attached hydrogen (secondary N) is 1. The van der Waals surface area contributed by atoms with Crippen molar-refractivity contribution in [2.45, 2.75) is 11.8 Å². The Hall–Kier alpha value is -0.810. The Morgan fingerprint density at radius 3 is 2.39 bits per heavy atom. The third-order valence-electron chi connectivity index (χ3n) is 2.52. The summed E-state index contributed by atoms with van der Waals surface area (Å²) in [5.41, 5.74) is 0. The molecule has 0 radical (unpaired) electrons. The highest BCUT2D eigenvalue weighted by molar-refractivity contribution is 7.89. The second kappa shape index (κ2) is 5.05. The summed E-state index contributed by atoms with van der Waals surface area (Å²) in [7, 11) is -3.62. The summed E-state index contributed by atoms with van der Waals surface area (Å²) in [5.74, 6) is 0. The maximum atomic E-state index is 12.0. The van der Waals surface area contributed by atoms with Gasteiger partial charge >= 0.3 is 0 Å². The van der Waals surface area contributed by atoms with Gasteiger partial charge in [-0.15, -0.1) is 0 Å². The number of benzene rings is 2. The molecule has 3 nitrogen and oxygen atoms in total. The van der Waals surface area contributed by atoms with Gasteiger partial charge in [-0.25, -0.2) is 13.1 Å². The molecule has 0 aromatic heterocycles. The molecule has 0 amide bonds. The van der Waals surface area contributed by atoms with Gasteiger partial charge in [-0.1, -0.05) is 54.4 Å². The minimum atomic E-state index is -3.62. The van der Waals surface area contributed by atoms with E-state index in [0.29, 0.717) is 17.0 Å². The van der Waals surface area contributed by atoms with Crippen LogP contribution in [0.25, 0.3) is 10.8 Å². The second-order valence-electron chi connectivity index (χ2n) is 3.72. The first kappa shape index (κ1) is 13.6. The summed E-state index contributed by atoms with van der Waals surface area (Å²) in [5, 5.41) is 1.92. The lowest BCUT2D eigenvalue weighted by atomic mass is 10.1. The first-order chi connectivity index (χ1) is 8.47. The second-order valence-corrected chi connectivity index (χ2v) is 6.24. The summed E-state index contributed by atoms with van der Waals surface area (Å²) in [6, 6.07) is 8.53. The van der Waals surface area contributed by atoms with E-state index in [1.807, 2.05) is 6.07 Å². The Bertz CT molecular complexity index is 699. The highest BCUT2D eigenvalue weighted by Gasteiger charge is 2.20. The van der Waals surface area contributed by atoms with Gasteiger partial charge in [0, 0.05) is 22.3 Å². The normalized spacial score (nSPS) is 11.9. The molecule has 6 heteroatoms. The smallest absolute Gasteiger partial charge is 0.211 e. The lowest BCUT2D eigenvalue weighted by Crippen LogP contribution is -2.23. The topological polar surface area (TPSA) is 46.2 Å². The molecular formula is C12H11Cl2NO2S. The largest absolute Gasteiger partial charge is 0.242 e. The van der Waals surface area contributed by atoms with Gasteiger partial charge in [-0.05, 0) is 6.07 Å². The summed E-state index contributed by atoms with van der Waals surface area (Å²) in [4.78, 5) is 0.00900. The van der Waals surface area contributed by atoms with Crippen molar-refractivity contribution in [3.63, 3.8) is 0 Å². The monoisotopic (exact) mass is 303 g/mol. The predicted octanol–water partition coefficient (Wildman–Crippen LogP) is 3.44. The van der Waals surface area contributed by atoms with Gasteiger partial charge in [0.25, 0.3) is 0 Å². The molecule has 0 atom stereocenters. The Labute approximate surface area is 116 Å². The van der Waals surface area contributed by atoms with Gasteiger partial charge in [0.2, 0.25) is 10.0 Å². The van der Waals surface area contributed by atoms with Crippen LogP contribution < -0.4 is 4.72 Å². The van der Waals surface area contributed by atoms with Crippen LogP contribution in [0.3, 0.4) is 0 Å². The SMILES string of the molecule is CCNS(=O)(=O)c1cc(Cl)c2ccccc2c1Cl. The van der Waals surface area contributed by atoms with E-state index in [1.165, 1.54) is 6.07 Å². The predicted molar refractivity (Wildman–Crippen MR) is 74.8 cm³/mol. The molecule has 2 rings (SSSR count). The molecule has 0 saturated carbocycles. The fraction of sp³-hybridized carbons (Fsp3) is 0.167. The Kier molecular flexibility index (Phi) is 3.82. The van der Waals surface area contributed by atoms with Gasteiger partial charge in [0.05, 0.1) is 5.02 Å². The standard InChI is InChI=1S/C12H11Cl2NO2S/c1-2-15-18(16,17)11-7-10(13)8-5-3-4-6-9(8)12(11)14/h3-7,15H,2H2,1H3. The molecule has 0 fully saturated rings. The molecule has 0 bridgehead atoms. The van der Waals surface area contributed by atoms with Crippen molar-refractivity contribution in [3.05, 3.63) is 40.4 Å². The molecule has 2 aromatic carbocycles. The van der Waals surface area contributed by atoms with Crippen LogP contribution in [-0.2, 0) is 10.0 Å². The zero-order valence-corrected chi connectivity index (χ0v) is 11.9. The van der Waals surface area contributed by atoms with Gasteiger partial charge in [0.15, 0.2) is 0 Å². The van der Waals surface area contributed by atoms with Crippen molar-refractivity contribution in [2.75, 3.05) is 6.54 Å². The number of halogens is 2.